The summed E-state index contributed by atoms with van der Waals surface area (Å²) in [4.78, 5) is 56.0. The van der Waals surface area contributed by atoms with Crippen LogP contribution in [-0.2, 0) is 29.7 Å². The third kappa shape index (κ3) is 4.73. The molecule has 34 heavy (non-hydrogen) atoms. The first-order chi connectivity index (χ1) is 16.4. The second kappa shape index (κ2) is 9.94. The minimum absolute atomic E-state index is 0.0305. The highest BCUT2D eigenvalue weighted by Crippen LogP contribution is 2.31. The number of carbonyl (C=O) groups is 2. The number of rotatable bonds is 9. The number of hydrogen-bond donors (Lipinski definition) is 1. The van der Waals surface area contributed by atoms with Crippen LogP contribution in [0.5, 0.6) is 11.5 Å². The number of fused-ring (bicyclic) bond motifs is 2. The molecule has 180 valence electrons. The standard InChI is InChI=1S/C23H26N4O7/c1-3-4-9-27-21-20(22(30)25-23(27)31)26(2)18(24-21)13-34-19(29)8-6-15(28)14-5-7-16-17(12-14)33-11-10-32-16/h5,7,12H,3-4,6,8-11,13H2,1-2H3,(H,25,30,31). The topological polar surface area (TPSA) is 135 Å². The normalized spacial score (nSPS) is 12.6. The Labute approximate surface area is 194 Å². The van der Waals surface area contributed by atoms with E-state index in [2.05, 4.69) is 9.97 Å². The summed E-state index contributed by atoms with van der Waals surface area (Å²) >= 11 is 0. The van der Waals surface area contributed by atoms with Crippen LogP contribution in [0.15, 0.2) is 27.8 Å². The molecule has 0 aliphatic carbocycles. The Morgan fingerprint density at radius 1 is 1.15 bits per heavy atom. The maximum atomic E-state index is 12.5. The number of imidazole rings is 1. The van der Waals surface area contributed by atoms with Crippen molar-refractivity contribution in [2.24, 2.45) is 7.05 Å². The first-order valence-electron chi connectivity index (χ1n) is 11.2. The molecule has 0 unspecified atom stereocenters. The zero-order valence-corrected chi connectivity index (χ0v) is 19.1. The minimum atomic E-state index is -0.574. The summed E-state index contributed by atoms with van der Waals surface area (Å²) in [5, 5.41) is 0. The van der Waals surface area contributed by atoms with Crippen LogP contribution in [0.3, 0.4) is 0 Å². The molecule has 0 radical (unpaired) electrons. The van der Waals surface area contributed by atoms with Gasteiger partial charge < -0.3 is 18.8 Å². The van der Waals surface area contributed by atoms with E-state index in [4.69, 9.17) is 14.2 Å². The van der Waals surface area contributed by atoms with Crippen LogP contribution in [-0.4, -0.2) is 44.1 Å². The quantitative estimate of drug-likeness (QED) is 0.369. The molecule has 2 aromatic heterocycles. The lowest BCUT2D eigenvalue weighted by molar-refractivity contribution is -0.145. The molecule has 0 amide bonds. The Balaban J connectivity index is 1.40. The van der Waals surface area contributed by atoms with E-state index in [1.54, 1.807) is 25.2 Å². The van der Waals surface area contributed by atoms with E-state index >= 15 is 0 Å². The van der Waals surface area contributed by atoms with Crippen LogP contribution >= 0.6 is 0 Å². The van der Waals surface area contributed by atoms with Crippen LogP contribution < -0.4 is 20.7 Å². The van der Waals surface area contributed by atoms with Crippen molar-refractivity contribution in [3.8, 4) is 11.5 Å². The number of H-pyrrole nitrogens is 1. The number of esters is 1. The molecule has 3 aromatic rings. The van der Waals surface area contributed by atoms with Gasteiger partial charge in [-0.05, 0) is 24.6 Å². The SMILES string of the molecule is CCCCn1c(=O)[nH]c(=O)c2c1nc(COC(=O)CCC(=O)c1ccc3c(c1)OCCO3)n2C. The molecule has 11 heteroatoms. The summed E-state index contributed by atoms with van der Waals surface area (Å²) < 4.78 is 19.1. The lowest BCUT2D eigenvalue weighted by Gasteiger charge is -2.18. The number of aromatic nitrogens is 4. The summed E-state index contributed by atoms with van der Waals surface area (Å²) in [7, 11) is 1.62. The molecule has 0 bridgehead atoms. The summed E-state index contributed by atoms with van der Waals surface area (Å²) in [5.41, 5.74) is -0.160. The van der Waals surface area contributed by atoms with Gasteiger partial charge in [-0.1, -0.05) is 13.3 Å². The lowest BCUT2D eigenvalue weighted by Crippen LogP contribution is -2.31. The minimum Gasteiger partial charge on any atom is -0.486 e. The number of unbranched alkanes of at least 4 members (excludes halogenated alkanes) is 1. The Kier molecular flexibility index (Phi) is 6.80. The fourth-order valence-electron chi connectivity index (χ4n) is 3.74. The maximum Gasteiger partial charge on any atom is 0.330 e. The number of aryl methyl sites for hydroxylation is 2. The highest BCUT2D eigenvalue weighted by molar-refractivity contribution is 5.98. The molecule has 0 saturated heterocycles. The monoisotopic (exact) mass is 470 g/mol. The van der Waals surface area contributed by atoms with Crippen LogP contribution in [0.1, 0.15) is 48.8 Å². The smallest absolute Gasteiger partial charge is 0.330 e. The molecule has 1 aliphatic rings. The zero-order valence-electron chi connectivity index (χ0n) is 19.1. The first-order valence-corrected chi connectivity index (χ1v) is 11.2. The number of nitrogens with one attached hydrogen (secondary N) is 1. The van der Waals surface area contributed by atoms with Gasteiger partial charge in [0.15, 0.2) is 28.4 Å². The summed E-state index contributed by atoms with van der Waals surface area (Å²) in [6.45, 7) is 3.10. The van der Waals surface area contributed by atoms with Gasteiger partial charge >= 0.3 is 11.7 Å². The van der Waals surface area contributed by atoms with E-state index in [9.17, 15) is 19.2 Å². The van der Waals surface area contributed by atoms with Crippen molar-refractivity contribution in [3.63, 3.8) is 0 Å². The fourth-order valence-corrected chi connectivity index (χ4v) is 3.74. The zero-order chi connectivity index (χ0) is 24.2. The van der Waals surface area contributed by atoms with E-state index in [-0.39, 0.29) is 36.4 Å². The average molecular weight is 470 g/mol. The van der Waals surface area contributed by atoms with Crippen molar-refractivity contribution < 1.29 is 23.8 Å². The Morgan fingerprint density at radius 3 is 2.68 bits per heavy atom. The van der Waals surface area contributed by atoms with E-state index in [1.807, 2.05) is 6.92 Å². The van der Waals surface area contributed by atoms with E-state index in [0.29, 0.717) is 42.6 Å². The first kappa shape index (κ1) is 23.3. The van der Waals surface area contributed by atoms with Gasteiger partial charge in [0.05, 0.1) is 6.42 Å². The molecular weight excluding hydrogens is 444 g/mol. The molecular formula is C23H26N4O7. The predicted octanol–water partition coefficient (Wildman–Crippen LogP) is 1.70. The maximum absolute atomic E-state index is 12.5. The molecule has 0 fully saturated rings. The third-order valence-corrected chi connectivity index (χ3v) is 5.62. The van der Waals surface area contributed by atoms with Gasteiger partial charge in [-0.25, -0.2) is 9.78 Å². The van der Waals surface area contributed by atoms with Gasteiger partial charge in [-0.15, -0.1) is 0 Å². The Bertz CT molecular complexity index is 1350. The van der Waals surface area contributed by atoms with Crippen LogP contribution in [0.4, 0.5) is 0 Å². The largest absolute Gasteiger partial charge is 0.486 e. The molecule has 0 spiro atoms. The van der Waals surface area contributed by atoms with Gasteiger partial charge in [0.1, 0.15) is 25.6 Å². The number of carbonyl (C=O) groups excluding carboxylic acids is 2. The second-order valence-corrected chi connectivity index (χ2v) is 7.97. The number of ether oxygens (including phenoxy) is 3. The summed E-state index contributed by atoms with van der Waals surface area (Å²) in [6.07, 6.45) is 1.48. The number of nitrogens with zero attached hydrogens (tertiary/aromatic N) is 3. The second-order valence-electron chi connectivity index (χ2n) is 7.97. The molecule has 3 heterocycles. The highest BCUT2D eigenvalue weighted by atomic mass is 16.6. The number of benzene rings is 1. The summed E-state index contributed by atoms with van der Waals surface area (Å²) in [6, 6.07) is 4.92. The van der Waals surface area contributed by atoms with Crippen molar-refractivity contribution >= 4 is 22.9 Å². The third-order valence-electron chi connectivity index (χ3n) is 5.62. The van der Waals surface area contributed by atoms with Gasteiger partial charge in [0.2, 0.25) is 0 Å². The van der Waals surface area contributed by atoms with Gasteiger partial charge in [-0.3, -0.25) is 23.9 Å². The van der Waals surface area contributed by atoms with Gasteiger partial charge in [0, 0.05) is 25.6 Å². The van der Waals surface area contributed by atoms with Crippen molar-refractivity contribution in [3.05, 3.63) is 50.4 Å². The summed E-state index contributed by atoms with van der Waals surface area (Å²) in [5.74, 6) is 0.624. The van der Waals surface area contributed by atoms with Crippen molar-refractivity contribution in [2.75, 3.05) is 13.2 Å². The molecule has 1 aromatic carbocycles. The fraction of sp³-hybridized carbons (Fsp3) is 0.435. The van der Waals surface area contributed by atoms with Gasteiger partial charge in [0.25, 0.3) is 5.56 Å². The highest BCUT2D eigenvalue weighted by Gasteiger charge is 2.19. The molecule has 11 nitrogen and oxygen atoms in total. The Morgan fingerprint density at radius 2 is 1.91 bits per heavy atom. The van der Waals surface area contributed by atoms with Crippen LogP contribution in [0.2, 0.25) is 0 Å². The number of ketones is 1. The van der Waals surface area contributed by atoms with Crippen molar-refractivity contribution in [1.82, 2.24) is 19.1 Å². The van der Waals surface area contributed by atoms with Crippen molar-refractivity contribution in [1.29, 1.82) is 0 Å². The predicted molar refractivity (Wildman–Crippen MR) is 121 cm³/mol. The molecule has 1 aliphatic heterocycles. The number of hydrogen-bond acceptors (Lipinski definition) is 8. The van der Waals surface area contributed by atoms with Crippen LogP contribution in [0.25, 0.3) is 11.2 Å². The van der Waals surface area contributed by atoms with Crippen LogP contribution in [0, 0.1) is 0 Å². The van der Waals surface area contributed by atoms with Gasteiger partial charge in [-0.2, -0.15) is 0 Å². The van der Waals surface area contributed by atoms with E-state index in [0.717, 1.165) is 12.8 Å². The lowest BCUT2D eigenvalue weighted by atomic mass is 10.1. The molecule has 0 atom stereocenters. The molecule has 4 rings (SSSR count). The van der Waals surface area contributed by atoms with E-state index in [1.165, 1.54) is 9.13 Å². The Hall–Kier alpha value is -3.89. The van der Waals surface area contributed by atoms with E-state index < -0.39 is 17.2 Å². The van der Waals surface area contributed by atoms with Crippen molar-refractivity contribution in [2.45, 2.75) is 45.8 Å². The average Bonchev–Trinajstić information content (AvgIpc) is 3.17. The molecule has 1 N–H and O–H groups in total. The number of aromatic amines is 1. The number of Topliss-reactive ketones (excluding diaryl/α,β-unsaturated/α-hetero) is 1. The molecule has 0 saturated carbocycles.